The van der Waals surface area contributed by atoms with Crippen molar-refractivity contribution in [1.29, 1.82) is 0 Å². The van der Waals surface area contributed by atoms with E-state index < -0.39 is 9.84 Å². The molecule has 0 aliphatic heterocycles. The van der Waals surface area contributed by atoms with Crippen LogP contribution in [0.4, 0.5) is 0 Å². The number of thioether (sulfide) groups is 1. The summed E-state index contributed by atoms with van der Waals surface area (Å²) in [5, 5.41) is 4.95. The summed E-state index contributed by atoms with van der Waals surface area (Å²) in [7, 11) is -3.72. The van der Waals surface area contributed by atoms with Crippen LogP contribution in [-0.4, -0.2) is 35.8 Å². The molecule has 0 aliphatic rings. The smallest absolute Gasteiger partial charge is 0.213 e. The molecule has 3 rings (SSSR count). The number of aromatic nitrogens is 3. The van der Waals surface area contributed by atoms with Crippen molar-refractivity contribution >= 4 is 27.2 Å². The number of nitrogens with zero attached hydrogens (tertiary/aromatic N) is 3. The van der Waals surface area contributed by atoms with Gasteiger partial charge in [0.05, 0.1) is 4.90 Å². The Kier molecular flexibility index (Phi) is 4.86. The molecule has 0 unspecified atom stereocenters. The number of benzene rings is 1. The van der Waals surface area contributed by atoms with Gasteiger partial charge >= 0.3 is 0 Å². The summed E-state index contributed by atoms with van der Waals surface area (Å²) < 4.78 is 28.0. The molecule has 0 radical (unpaired) electrons. The summed E-state index contributed by atoms with van der Waals surface area (Å²) in [6.45, 7) is 4.30. The molecule has 8 heteroatoms. The normalized spacial score (nSPS) is 12.0. The first-order valence-corrected chi connectivity index (χ1v) is 10.6. The van der Waals surface area contributed by atoms with E-state index in [2.05, 4.69) is 10.1 Å². The van der Waals surface area contributed by atoms with Gasteiger partial charge in [-0.1, -0.05) is 18.2 Å². The quantitative estimate of drug-likeness (QED) is 0.688. The predicted octanol–water partition coefficient (Wildman–Crippen LogP) is 2.40. The molecule has 0 atom stereocenters. The second-order valence-corrected chi connectivity index (χ2v) is 8.37. The third-order valence-corrected chi connectivity index (χ3v) is 6.77. The third kappa shape index (κ3) is 2.94. The number of hydrogen-bond acceptors (Lipinski definition) is 6. The maximum absolute atomic E-state index is 13.2. The van der Waals surface area contributed by atoms with Gasteiger partial charge in [0.2, 0.25) is 9.84 Å². The van der Waals surface area contributed by atoms with Crippen LogP contribution < -0.4 is 5.73 Å². The van der Waals surface area contributed by atoms with Crippen molar-refractivity contribution in [1.82, 2.24) is 14.6 Å². The maximum atomic E-state index is 13.2. The highest BCUT2D eigenvalue weighted by molar-refractivity contribution is 7.99. The Morgan fingerprint density at radius 3 is 2.48 bits per heavy atom. The Balaban J connectivity index is 2.36. The van der Waals surface area contributed by atoms with Crippen molar-refractivity contribution < 1.29 is 8.42 Å². The minimum Gasteiger partial charge on any atom is -0.330 e. The molecule has 0 spiro atoms. The van der Waals surface area contributed by atoms with Crippen LogP contribution in [0, 0.1) is 13.8 Å². The lowest BCUT2D eigenvalue weighted by molar-refractivity contribution is 0.594. The van der Waals surface area contributed by atoms with Crippen LogP contribution in [0.2, 0.25) is 0 Å². The molecule has 0 fully saturated rings. The van der Waals surface area contributed by atoms with Crippen LogP contribution in [-0.2, 0) is 16.3 Å². The SMILES string of the molecule is CSc1nn2c(C)c(CCN)c(C)nc2c1S(=O)(=O)c1ccccc1. The lowest BCUT2D eigenvalue weighted by Crippen LogP contribution is -2.11. The monoisotopic (exact) mass is 376 g/mol. The van der Waals surface area contributed by atoms with E-state index >= 15 is 0 Å². The van der Waals surface area contributed by atoms with Crippen molar-refractivity contribution in [3.05, 3.63) is 47.3 Å². The fraction of sp³-hybridized carbons (Fsp3) is 0.294. The van der Waals surface area contributed by atoms with E-state index in [1.54, 1.807) is 34.8 Å². The van der Waals surface area contributed by atoms with E-state index in [1.165, 1.54) is 11.8 Å². The topological polar surface area (TPSA) is 90.3 Å². The van der Waals surface area contributed by atoms with Gasteiger partial charge in [0.15, 0.2) is 10.5 Å². The molecule has 0 aliphatic carbocycles. The number of fused-ring (bicyclic) bond motifs is 1. The molecule has 1 aromatic carbocycles. The van der Waals surface area contributed by atoms with Crippen LogP contribution in [0.3, 0.4) is 0 Å². The van der Waals surface area contributed by atoms with Crippen LogP contribution in [0.25, 0.3) is 5.65 Å². The zero-order valence-corrected chi connectivity index (χ0v) is 16.0. The van der Waals surface area contributed by atoms with Crippen molar-refractivity contribution in [2.75, 3.05) is 12.8 Å². The molecule has 0 saturated heterocycles. The van der Waals surface area contributed by atoms with Crippen molar-refractivity contribution in [2.45, 2.75) is 35.1 Å². The molecule has 2 N–H and O–H groups in total. The Morgan fingerprint density at radius 2 is 1.88 bits per heavy atom. The van der Waals surface area contributed by atoms with Crippen LogP contribution in [0.15, 0.2) is 45.1 Å². The third-order valence-electron chi connectivity index (χ3n) is 4.16. The van der Waals surface area contributed by atoms with Gasteiger partial charge < -0.3 is 5.73 Å². The van der Waals surface area contributed by atoms with Gasteiger partial charge in [-0.15, -0.1) is 11.8 Å². The van der Waals surface area contributed by atoms with Crippen molar-refractivity contribution in [3.63, 3.8) is 0 Å². The Morgan fingerprint density at radius 1 is 1.20 bits per heavy atom. The minimum atomic E-state index is -3.72. The zero-order valence-electron chi connectivity index (χ0n) is 14.4. The highest BCUT2D eigenvalue weighted by atomic mass is 32.2. The number of hydrogen-bond donors (Lipinski definition) is 1. The van der Waals surface area contributed by atoms with Gasteiger partial charge in [-0.3, -0.25) is 0 Å². The molecule has 3 aromatic rings. The second kappa shape index (κ2) is 6.78. The van der Waals surface area contributed by atoms with Crippen molar-refractivity contribution in [2.24, 2.45) is 5.73 Å². The summed E-state index contributed by atoms with van der Waals surface area (Å²) in [4.78, 5) is 4.97. The van der Waals surface area contributed by atoms with Gasteiger partial charge in [-0.05, 0) is 50.8 Å². The highest BCUT2D eigenvalue weighted by Gasteiger charge is 2.29. The lowest BCUT2D eigenvalue weighted by Gasteiger charge is -2.10. The van der Waals surface area contributed by atoms with E-state index in [1.807, 2.05) is 20.1 Å². The first-order valence-electron chi connectivity index (χ1n) is 7.84. The Bertz CT molecular complexity index is 1030. The second-order valence-electron chi connectivity index (χ2n) is 5.69. The number of aryl methyl sites for hydroxylation is 2. The van der Waals surface area contributed by atoms with Crippen LogP contribution in [0.1, 0.15) is 17.0 Å². The molecule has 2 heterocycles. The van der Waals surface area contributed by atoms with Gasteiger partial charge in [0.1, 0.15) is 5.03 Å². The first-order chi connectivity index (χ1) is 11.9. The predicted molar refractivity (Wildman–Crippen MR) is 98.9 cm³/mol. The van der Waals surface area contributed by atoms with Crippen LogP contribution >= 0.6 is 11.8 Å². The summed E-state index contributed by atoms with van der Waals surface area (Å²) in [5.74, 6) is 0. The van der Waals surface area contributed by atoms with E-state index in [0.29, 0.717) is 23.6 Å². The van der Waals surface area contributed by atoms with Crippen LogP contribution in [0.5, 0.6) is 0 Å². The number of sulfone groups is 1. The fourth-order valence-corrected chi connectivity index (χ4v) is 5.33. The molecule has 0 bridgehead atoms. The van der Waals surface area contributed by atoms with E-state index in [0.717, 1.165) is 17.0 Å². The van der Waals surface area contributed by atoms with Gasteiger partial charge in [-0.25, -0.2) is 17.9 Å². The molecule has 2 aromatic heterocycles. The van der Waals surface area contributed by atoms with Gasteiger partial charge in [-0.2, -0.15) is 5.10 Å². The average molecular weight is 377 g/mol. The zero-order chi connectivity index (χ0) is 18.2. The maximum Gasteiger partial charge on any atom is 0.213 e. The largest absolute Gasteiger partial charge is 0.330 e. The molecule has 0 amide bonds. The summed E-state index contributed by atoms with van der Waals surface area (Å²) in [6, 6.07) is 8.38. The van der Waals surface area contributed by atoms with E-state index in [9.17, 15) is 8.42 Å². The summed E-state index contributed by atoms with van der Waals surface area (Å²) in [5.41, 5.74) is 8.72. The fourth-order valence-electron chi connectivity index (χ4n) is 2.92. The highest BCUT2D eigenvalue weighted by Crippen LogP contribution is 2.33. The summed E-state index contributed by atoms with van der Waals surface area (Å²) in [6.07, 6.45) is 2.49. The molecule has 132 valence electrons. The number of nitrogens with two attached hydrogens (primary N) is 1. The first kappa shape index (κ1) is 17.9. The average Bonchev–Trinajstić information content (AvgIpc) is 2.98. The number of rotatable bonds is 5. The van der Waals surface area contributed by atoms with Gasteiger partial charge in [0.25, 0.3) is 0 Å². The lowest BCUT2D eigenvalue weighted by atomic mass is 10.1. The molecule has 25 heavy (non-hydrogen) atoms. The Labute approximate surface area is 151 Å². The van der Waals surface area contributed by atoms with E-state index in [4.69, 9.17) is 5.73 Å². The van der Waals surface area contributed by atoms with Gasteiger partial charge in [0, 0.05) is 11.4 Å². The minimum absolute atomic E-state index is 0.164. The molecule has 6 nitrogen and oxygen atoms in total. The van der Waals surface area contributed by atoms with Crippen molar-refractivity contribution in [3.8, 4) is 0 Å². The standard InChI is InChI=1S/C17H20N4O2S2/c1-11-14(9-10-18)12(2)21-16(19-11)15(17(20-21)24-3)25(22,23)13-7-5-4-6-8-13/h4-8H,9-10,18H2,1-3H3. The Hall–Kier alpha value is -1.90. The van der Waals surface area contributed by atoms with E-state index in [-0.39, 0.29) is 9.79 Å². The molecule has 0 saturated carbocycles. The molecular formula is C17H20N4O2S2. The molecular weight excluding hydrogens is 356 g/mol. The summed E-state index contributed by atoms with van der Waals surface area (Å²) >= 11 is 1.30.